The molecule has 5 rings (SSSR count). The second-order valence-electron chi connectivity index (χ2n) is 7.27. The Balaban J connectivity index is 1.87. The number of ether oxygens (including phenoxy) is 2. The number of aryl methyl sites for hydroxylation is 2. The van der Waals surface area contributed by atoms with Crippen molar-refractivity contribution in [1.29, 1.82) is 0 Å². The molecular formula is C24H22N2O3. The van der Waals surface area contributed by atoms with E-state index in [2.05, 4.69) is 22.8 Å². The van der Waals surface area contributed by atoms with E-state index in [0.29, 0.717) is 12.3 Å². The molecule has 29 heavy (non-hydrogen) atoms. The number of para-hydroxylation sites is 1. The number of rotatable bonds is 4. The Morgan fingerprint density at radius 3 is 2.69 bits per heavy atom. The molecule has 0 fully saturated rings. The van der Waals surface area contributed by atoms with E-state index in [0.717, 1.165) is 47.3 Å². The average molecular weight is 386 g/mol. The average Bonchev–Trinajstić information content (AvgIpc) is 3.09. The molecule has 2 aromatic carbocycles. The van der Waals surface area contributed by atoms with Crippen molar-refractivity contribution in [2.24, 2.45) is 0 Å². The van der Waals surface area contributed by atoms with Crippen LogP contribution in [-0.4, -0.2) is 29.2 Å². The Kier molecular flexibility index (Phi) is 4.23. The first-order valence-corrected chi connectivity index (χ1v) is 9.97. The Morgan fingerprint density at radius 2 is 1.93 bits per heavy atom. The fraction of sp³-hybridized carbons (Fsp3) is 0.250. The van der Waals surface area contributed by atoms with Crippen LogP contribution >= 0.6 is 0 Å². The number of methoxy groups -OCH3 is 1. The number of nitrogens with zero attached hydrogens (tertiary/aromatic N) is 2. The number of pyridine rings is 1. The summed E-state index contributed by atoms with van der Waals surface area (Å²) in [4.78, 5) is 17.3. The van der Waals surface area contributed by atoms with Crippen molar-refractivity contribution in [3.8, 4) is 17.0 Å². The maximum absolute atomic E-state index is 12.6. The highest BCUT2D eigenvalue weighted by atomic mass is 16.5. The number of aromatic nitrogens is 2. The van der Waals surface area contributed by atoms with Crippen LogP contribution in [0, 0.1) is 0 Å². The van der Waals surface area contributed by atoms with Crippen LogP contribution in [0.25, 0.3) is 33.1 Å². The van der Waals surface area contributed by atoms with Crippen molar-refractivity contribution in [1.82, 2.24) is 9.55 Å². The van der Waals surface area contributed by atoms with Crippen LogP contribution in [0.3, 0.4) is 0 Å². The summed E-state index contributed by atoms with van der Waals surface area (Å²) in [6.07, 6.45) is 2.17. The van der Waals surface area contributed by atoms with Gasteiger partial charge in [0.25, 0.3) is 0 Å². The van der Waals surface area contributed by atoms with Gasteiger partial charge in [-0.1, -0.05) is 18.2 Å². The minimum atomic E-state index is -0.393. The Hall–Kier alpha value is -3.34. The number of carbonyl (C=O) groups is 1. The van der Waals surface area contributed by atoms with Crippen LogP contribution in [0.5, 0.6) is 5.75 Å². The third-order valence-electron chi connectivity index (χ3n) is 5.62. The van der Waals surface area contributed by atoms with Gasteiger partial charge in [-0.2, -0.15) is 0 Å². The fourth-order valence-electron chi connectivity index (χ4n) is 4.37. The summed E-state index contributed by atoms with van der Waals surface area (Å²) in [5.41, 5.74) is 5.78. The van der Waals surface area contributed by atoms with Gasteiger partial charge >= 0.3 is 5.97 Å². The molecule has 3 heterocycles. The number of hydrogen-bond acceptors (Lipinski definition) is 4. The molecule has 0 aliphatic carbocycles. The van der Waals surface area contributed by atoms with Gasteiger partial charge < -0.3 is 14.0 Å². The van der Waals surface area contributed by atoms with Crippen LogP contribution in [0.1, 0.15) is 29.4 Å². The largest absolute Gasteiger partial charge is 0.497 e. The molecule has 1 aliphatic heterocycles. The summed E-state index contributed by atoms with van der Waals surface area (Å²) in [6, 6.07) is 16.1. The molecule has 0 spiro atoms. The van der Waals surface area contributed by atoms with E-state index in [-0.39, 0.29) is 0 Å². The van der Waals surface area contributed by atoms with Gasteiger partial charge in [-0.15, -0.1) is 0 Å². The second-order valence-corrected chi connectivity index (χ2v) is 7.27. The van der Waals surface area contributed by atoms with Crippen LogP contribution in [0.4, 0.5) is 0 Å². The summed E-state index contributed by atoms with van der Waals surface area (Å²) in [5.74, 6) is 0.395. The van der Waals surface area contributed by atoms with E-state index >= 15 is 0 Å². The first-order chi connectivity index (χ1) is 14.2. The highest BCUT2D eigenvalue weighted by Gasteiger charge is 2.23. The molecule has 0 N–H and O–H groups in total. The highest BCUT2D eigenvalue weighted by molar-refractivity contribution is 6.14. The van der Waals surface area contributed by atoms with Crippen LogP contribution in [0.15, 0.2) is 48.5 Å². The molecule has 5 heteroatoms. The summed E-state index contributed by atoms with van der Waals surface area (Å²) in [6.45, 7) is 3.07. The first kappa shape index (κ1) is 17.7. The van der Waals surface area contributed by atoms with Gasteiger partial charge in [0.2, 0.25) is 0 Å². The van der Waals surface area contributed by atoms with Crippen molar-refractivity contribution in [2.75, 3.05) is 13.7 Å². The molecular weight excluding hydrogens is 364 g/mol. The normalized spacial score (nSPS) is 13.0. The maximum Gasteiger partial charge on any atom is 0.356 e. The molecule has 4 aromatic rings. The third kappa shape index (κ3) is 2.77. The number of hydrogen-bond donors (Lipinski definition) is 0. The smallest absolute Gasteiger partial charge is 0.356 e. The Morgan fingerprint density at radius 1 is 1.10 bits per heavy atom. The lowest BCUT2D eigenvalue weighted by Gasteiger charge is -2.17. The van der Waals surface area contributed by atoms with Gasteiger partial charge in [0.1, 0.15) is 11.4 Å². The highest BCUT2D eigenvalue weighted by Crippen LogP contribution is 2.39. The van der Waals surface area contributed by atoms with Crippen LogP contribution < -0.4 is 4.74 Å². The molecule has 5 nitrogen and oxygen atoms in total. The molecule has 0 radical (unpaired) electrons. The Labute approximate surface area is 168 Å². The second kappa shape index (κ2) is 6.92. The zero-order valence-electron chi connectivity index (χ0n) is 16.6. The third-order valence-corrected chi connectivity index (χ3v) is 5.62. The predicted octanol–water partition coefficient (Wildman–Crippen LogP) is 4.99. The van der Waals surface area contributed by atoms with E-state index in [1.165, 1.54) is 16.5 Å². The van der Waals surface area contributed by atoms with E-state index in [4.69, 9.17) is 14.5 Å². The molecule has 146 valence electrons. The quantitative estimate of drug-likeness (QED) is 0.464. The lowest BCUT2D eigenvalue weighted by atomic mass is 10.0. The van der Waals surface area contributed by atoms with Crippen molar-refractivity contribution < 1.29 is 14.3 Å². The summed E-state index contributed by atoms with van der Waals surface area (Å²) < 4.78 is 12.9. The topological polar surface area (TPSA) is 53.4 Å². The summed E-state index contributed by atoms with van der Waals surface area (Å²) in [5, 5.41) is 2.22. The van der Waals surface area contributed by atoms with Gasteiger partial charge in [0.15, 0.2) is 0 Å². The number of fused-ring (bicyclic) bond motifs is 3. The van der Waals surface area contributed by atoms with E-state index < -0.39 is 5.97 Å². The maximum atomic E-state index is 12.6. The monoisotopic (exact) mass is 386 g/mol. The van der Waals surface area contributed by atoms with Crippen LogP contribution in [0.2, 0.25) is 0 Å². The van der Waals surface area contributed by atoms with Gasteiger partial charge in [-0.3, -0.25) is 0 Å². The van der Waals surface area contributed by atoms with Crippen molar-refractivity contribution in [2.45, 2.75) is 26.3 Å². The molecule has 0 saturated carbocycles. The Bertz CT molecular complexity index is 1240. The number of carbonyl (C=O) groups excluding carboxylic acids is 1. The van der Waals surface area contributed by atoms with Gasteiger partial charge in [-0.25, -0.2) is 9.78 Å². The van der Waals surface area contributed by atoms with E-state index in [1.54, 1.807) is 7.11 Å². The minimum absolute atomic E-state index is 0.322. The molecule has 0 atom stereocenters. The van der Waals surface area contributed by atoms with Crippen molar-refractivity contribution in [3.05, 3.63) is 59.8 Å². The van der Waals surface area contributed by atoms with Gasteiger partial charge in [0.05, 0.1) is 30.4 Å². The van der Waals surface area contributed by atoms with E-state index in [1.807, 2.05) is 37.3 Å². The van der Waals surface area contributed by atoms with Gasteiger partial charge in [0, 0.05) is 22.9 Å². The number of benzene rings is 2. The molecule has 2 aromatic heterocycles. The SMILES string of the molecule is CCOC(=O)c1cc2c3cccc4c3n(c2c(-c2ccc(OC)cc2)n1)CCC4. The lowest BCUT2D eigenvalue weighted by molar-refractivity contribution is 0.0520. The standard InChI is InChI=1S/C24H22N2O3/c1-3-29-24(27)20-14-19-18-8-4-6-16-7-5-13-26(22(16)18)23(19)21(25-20)15-9-11-17(28-2)12-10-15/h4,6,8-12,14H,3,5,7,13H2,1-2H3. The van der Waals surface area contributed by atoms with Crippen LogP contribution in [-0.2, 0) is 17.7 Å². The summed E-state index contributed by atoms with van der Waals surface area (Å²) in [7, 11) is 1.65. The number of esters is 1. The van der Waals surface area contributed by atoms with Crippen molar-refractivity contribution >= 4 is 27.8 Å². The van der Waals surface area contributed by atoms with E-state index in [9.17, 15) is 4.79 Å². The van der Waals surface area contributed by atoms with Crippen molar-refractivity contribution in [3.63, 3.8) is 0 Å². The lowest BCUT2D eigenvalue weighted by Crippen LogP contribution is -2.10. The molecule has 0 unspecified atom stereocenters. The summed E-state index contributed by atoms with van der Waals surface area (Å²) >= 11 is 0. The molecule has 0 saturated heterocycles. The zero-order chi connectivity index (χ0) is 20.0. The predicted molar refractivity (Wildman–Crippen MR) is 114 cm³/mol. The fourth-order valence-corrected chi connectivity index (χ4v) is 4.37. The molecule has 0 amide bonds. The minimum Gasteiger partial charge on any atom is -0.497 e. The van der Waals surface area contributed by atoms with Gasteiger partial charge in [-0.05, 0) is 55.7 Å². The first-order valence-electron chi connectivity index (χ1n) is 9.97. The zero-order valence-corrected chi connectivity index (χ0v) is 16.6. The molecule has 0 bridgehead atoms. The molecule has 1 aliphatic rings.